The van der Waals surface area contributed by atoms with E-state index in [1.54, 1.807) is 0 Å². The lowest BCUT2D eigenvalue weighted by Crippen LogP contribution is -1.94. The lowest BCUT2D eigenvalue weighted by atomic mass is 9.89. The van der Waals surface area contributed by atoms with Crippen LogP contribution in [-0.4, -0.2) is 9.97 Å². The fourth-order valence-corrected chi connectivity index (χ4v) is 7.63. The molecule has 0 amide bonds. The molecular weight excluding hydrogens is 605 g/mol. The molecule has 0 aliphatic heterocycles. The number of benzene rings is 8. The zero-order valence-electron chi connectivity index (χ0n) is 27.2. The lowest BCUT2D eigenvalue weighted by Gasteiger charge is -2.17. The van der Waals surface area contributed by atoms with Gasteiger partial charge in [0.2, 0.25) is 0 Å². The average Bonchev–Trinajstić information content (AvgIpc) is 3.19. The Bertz CT molecular complexity index is 2910. The van der Waals surface area contributed by atoms with Gasteiger partial charge in [0.05, 0.1) is 16.7 Å². The minimum Gasteiger partial charge on any atom is -0.256 e. The molecule has 0 aliphatic rings. The SMILES string of the molecule is c1ccc2ncc(-c3ccc(-c4cc5c(-c6cccc7ccccc67)cc(-c6cccc7ccccc67)nc5c5ccccc45)cc3)cc2c1. The summed E-state index contributed by atoms with van der Waals surface area (Å²) in [6.45, 7) is 0. The molecule has 8 aromatic carbocycles. The zero-order chi connectivity index (χ0) is 33.0. The van der Waals surface area contributed by atoms with E-state index in [0.717, 1.165) is 49.6 Å². The summed E-state index contributed by atoms with van der Waals surface area (Å²) in [5.74, 6) is 0. The second-order valence-corrected chi connectivity index (χ2v) is 13.0. The van der Waals surface area contributed by atoms with Crippen molar-refractivity contribution < 1.29 is 0 Å². The number of hydrogen-bond donors (Lipinski definition) is 0. The first-order chi connectivity index (χ1) is 24.8. The van der Waals surface area contributed by atoms with Crippen molar-refractivity contribution in [2.24, 2.45) is 0 Å². The maximum absolute atomic E-state index is 5.50. The summed E-state index contributed by atoms with van der Waals surface area (Å²) in [4.78, 5) is 10.2. The molecule has 2 aromatic heterocycles. The van der Waals surface area contributed by atoms with E-state index in [9.17, 15) is 0 Å². The molecule has 0 spiro atoms. The molecule has 0 saturated heterocycles. The summed E-state index contributed by atoms with van der Waals surface area (Å²) >= 11 is 0. The van der Waals surface area contributed by atoms with Crippen molar-refractivity contribution in [3.8, 4) is 44.6 Å². The van der Waals surface area contributed by atoms with Crippen molar-refractivity contribution in [2.45, 2.75) is 0 Å². The van der Waals surface area contributed by atoms with Gasteiger partial charge in [0, 0.05) is 33.5 Å². The van der Waals surface area contributed by atoms with Gasteiger partial charge in [-0.15, -0.1) is 0 Å². The average molecular weight is 635 g/mol. The Morgan fingerprint density at radius 1 is 0.320 bits per heavy atom. The number of hydrogen-bond acceptors (Lipinski definition) is 2. The molecule has 0 saturated carbocycles. The van der Waals surface area contributed by atoms with E-state index in [2.05, 4.69) is 170 Å². The van der Waals surface area contributed by atoms with Gasteiger partial charge in [-0.05, 0) is 79.0 Å². The Hall–Kier alpha value is -6.64. The van der Waals surface area contributed by atoms with Crippen LogP contribution >= 0.6 is 0 Å². The highest BCUT2D eigenvalue weighted by atomic mass is 14.7. The van der Waals surface area contributed by atoms with Crippen LogP contribution in [-0.2, 0) is 0 Å². The Kier molecular flexibility index (Phi) is 6.53. The summed E-state index contributed by atoms with van der Waals surface area (Å²) < 4.78 is 0. The molecule has 0 N–H and O–H groups in total. The van der Waals surface area contributed by atoms with Crippen LogP contribution in [0.2, 0.25) is 0 Å². The monoisotopic (exact) mass is 634 g/mol. The molecule has 0 aliphatic carbocycles. The molecule has 2 heterocycles. The quantitative estimate of drug-likeness (QED) is 0.180. The third kappa shape index (κ3) is 4.65. The fourth-order valence-electron chi connectivity index (χ4n) is 7.63. The highest BCUT2D eigenvalue weighted by Gasteiger charge is 2.18. The second-order valence-electron chi connectivity index (χ2n) is 13.0. The largest absolute Gasteiger partial charge is 0.256 e. The van der Waals surface area contributed by atoms with Gasteiger partial charge < -0.3 is 0 Å². The molecule has 2 heteroatoms. The summed E-state index contributed by atoms with van der Waals surface area (Å²) in [7, 11) is 0. The molecule has 10 aromatic rings. The highest BCUT2D eigenvalue weighted by molar-refractivity contribution is 6.18. The molecule has 0 unspecified atom stereocenters. The van der Waals surface area contributed by atoms with Crippen molar-refractivity contribution in [1.29, 1.82) is 0 Å². The number of rotatable bonds is 4. The number of aromatic nitrogens is 2. The Morgan fingerprint density at radius 3 is 1.66 bits per heavy atom. The maximum Gasteiger partial charge on any atom is 0.0794 e. The van der Waals surface area contributed by atoms with E-state index in [-0.39, 0.29) is 0 Å². The van der Waals surface area contributed by atoms with Gasteiger partial charge >= 0.3 is 0 Å². The minimum absolute atomic E-state index is 0.975. The molecule has 50 heavy (non-hydrogen) atoms. The summed E-state index contributed by atoms with van der Waals surface area (Å²) in [6, 6.07) is 63.2. The van der Waals surface area contributed by atoms with Crippen LogP contribution in [0.5, 0.6) is 0 Å². The van der Waals surface area contributed by atoms with Crippen LogP contribution in [0.25, 0.3) is 98.8 Å². The van der Waals surface area contributed by atoms with E-state index in [0.29, 0.717) is 0 Å². The van der Waals surface area contributed by atoms with E-state index >= 15 is 0 Å². The van der Waals surface area contributed by atoms with Gasteiger partial charge in [-0.3, -0.25) is 4.98 Å². The van der Waals surface area contributed by atoms with Crippen LogP contribution in [0.1, 0.15) is 0 Å². The number of fused-ring (bicyclic) bond motifs is 6. The van der Waals surface area contributed by atoms with Crippen molar-refractivity contribution in [3.63, 3.8) is 0 Å². The van der Waals surface area contributed by atoms with Gasteiger partial charge in [-0.25, -0.2) is 4.98 Å². The lowest BCUT2D eigenvalue weighted by molar-refractivity contribution is 1.41. The van der Waals surface area contributed by atoms with Gasteiger partial charge in [0.25, 0.3) is 0 Å². The van der Waals surface area contributed by atoms with Crippen LogP contribution in [0, 0.1) is 0 Å². The first-order valence-electron chi connectivity index (χ1n) is 17.1. The van der Waals surface area contributed by atoms with E-state index in [1.807, 2.05) is 12.3 Å². The maximum atomic E-state index is 5.50. The van der Waals surface area contributed by atoms with Crippen LogP contribution in [0.15, 0.2) is 182 Å². The van der Waals surface area contributed by atoms with Crippen molar-refractivity contribution >= 4 is 54.1 Å². The van der Waals surface area contributed by atoms with Gasteiger partial charge in [-0.1, -0.05) is 152 Å². The third-order valence-corrected chi connectivity index (χ3v) is 10.1. The predicted molar refractivity (Wildman–Crippen MR) is 211 cm³/mol. The minimum atomic E-state index is 0.975. The molecule has 0 radical (unpaired) electrons. The standard InChI is InChI=1S/C48H30N2/c1-4-16-37-32(11-1)14-9-20-39(37)44-29-47(41-21-10-15-33-12-2-5-17-38(33)41)50-48-42-19-7-6-18-40(42)43(28-45(44)48)34-25-23-31(24-26-34)36-27-35-13-3-8-22-46(35)49-30-36/h1-30H. The molecular formula is C48H30N2. The summed E-state index contributed by atoms with van der Waals surface area (Å²) in [5.41, 5.74) is 11.1. The molecule has 0 atom stereocenters. The van der Waals surface area contributed by atoms with Crippen molar-refractivity contribution in [1.82, 2.24) is 9.97 Å². The zero-order valence-corrected chi connectivity index (χ0v) is 27.2. The van der Waals surface area contributed by atoms with Crippen molar-refractivity contribution in [2.75, 3.05) is 0 Å². The Labute approximate surface area is 290 Å². The first kappa shape index (κ1) is 28.4. The first-order valence-corrected chi connectivity index (χ1v) is 17.1. The van der Waals surface area contributed by atoms with Crippen LogP contribution < -0.4 is 0 Å². The number of nitrogens with zero attached hydrogens (tertiary/aromatic N) is 2. The molecule has 0 fully saturated rings. The van der Waals surface area contributed by atoms with Gasteiger partial charge in [-0.2, -0.15) is 0 Å². The molecule has 2 nitrogen and oxygen atoms in total. The van der Waals surface area contributed by atoms with E-state index < -0.39 is 0 Å². The third-order valence-electron chi connectivity index (χ3n) is 10.1. The molecule has 232 valence electrons. The number of pyridine rings is 2. The smallest absolute Gasteiger partial charge is 0.0794 e. The fraction of sp³-hybridized carbons (Fsp3) is 0. The predicted octanol–water partition coefficient (Wildman–Crippen LogP) is 12.9. The van der Waals surface area contributed by atoms with Crippen LogP contribution in [0.3, 0.4) is 0 Å². The van der Waals surface area contributed by atoms with Crippen molar-refractivity contribution in [3.05, 3.63) is 182 Å². The van der Waals surface area contributed by atoms with E-state index in [1.165, 1.54) is 49.2 Å². The summed E-state index contributed by atoms with van der Waals surface area (Å²) in [5, 5.41) is 9.48. The normalized spacial score (nSPS) is 11.6. The summed E-state index contributed by atoms with van der Waals surface area (Å²) in [6.07, 6.45) is 1.97. The Morgan fingerprint density at radius 2 is 0.900 bits per heavy atom. The molecule has 10 rings (SSSR count). The van der Waals surface area contributed by atoms with Crippen LogP contribution in [0.4, 0.5) is 0 Å². The highest BCUT2D eigenvalue weighted by Crippen LogP contribution is 2.43. The van der Waals surface area contributed by atoms with E-state index in [4.69, 9.17) is 9.97 Å². The molecule has 0 bridgehead atoms. The van der Waals surface area contributed by atoms with Gasteiger partial charge in [0.1, 0.15) is 0 Å². The van der Waals surface area contributed by atoms with Gasteiger partial charge in [0.15, 0.2) is 0 Å². The second kappa shape index (κ2) is 11.5. The Balaban J connectivity index is 1.23. The number of para-hydroxylation sites is 1. The topological polar surface area (TPSA) is 25.8 Å².